The summed E-state index contributed by atoms with van der Waals surface area (Å²) in [7, 11) is 0. The van der Waals surface area contributed by atoms with Crippen LogP contribution in [-0.2, 0) is 6.42 Å². The Labute approximate surface area is 109 Å². The lowest BCUT2D eigenvalue weighted by atomic mass is 9.89. The van der Waals surface area contributed by atoms with E-state index in [0.29, 0.717) is 12.1 Å². The highest BCUT2D eigenvalue weighted by atomic mass is 15.2. The Kier molecular flexibility index (Phi) is 3.16. The van der Waals surface area contributed by atoms with Gasteiger partial charge in [-0.1, -0.05) is 0 Å². The van der Waals surface area contributed by atoms with Crippen LogP contribution in [-0.4, -0.2) is 27.7 Å². The molecule has 1 fully saturated rings. The molecule has 3 rings (SSSR count). The SMILES string of the molecule is CC(C)N1CCCC1c1n[nH]c2c1C(N)CCC2. The summed E-state index contributed by atoms with van der Waals surface area (Å²) in [6, 6.07) is 1.26. The molecule has 2 atom stereocenters. The van der Waals surface area contributed by atoms with Crippen LogP contribution in [0.5, 0.6) is 0 Å². The van der Waals surface area contributed by atoms with E-state index in [-0.39, 0.29) is 6.04 Å². The highest BCUT2D eigenvalue weighted by Crippen LogP contribution is 2.39. The van der Waals surface area contributed by atoms with Crippen LogP contribution in [0.25, 0.3) is 0 Å². The Morgan fingerprint density at radius 2 is 2.17 bits per heavy atom. The van der Waals surface area contributed by atoms with E-state index in [4.69, 9.17) is 5.73 Å². The Morgan fingerprint density at radius 3 is 2.94 bits per heavy atom. The molecule has 0 spiro atoms. The van der Waals surface area contributed by atoms with E-state index in [2.05, 4.69) is 28.9 Å². The van der Waals surface area contributed by atoms with Gasteiger partial charge >= 0.3 is 0 Å². The number of rotatable bonds is 2. The Bertz CT molecular complexity index is 423. The highest BCUT2D eigenvalue weighted by Gasteiger charge is 2.34. The standard InChI is InChI=1S/C14H24N4/c1-9(2)18-8-4-7-12(18)14-13-10(15)5-3-6-11(13)16-17-14/h9-10,12H,3-8,15H2,1-2H3,(H,16,17). The van der Waals surface area contributed by atoms with Gasteiger partial charge in [0.2, 0.25) is 0 Å². The van der Waals surface area contributed by atoms with Gasteiger partial charge in [0.25, 0.3) is 0 Å². The summed E-state index contributed by atoms with van der Waals surface area (Å²) in [6.45, 7) is 5.74. The van der Waals surface area contributed by atoms with Gasteiger partial charge in [-0.25, -0.2) is 0 Å². The Morgan fingerprint density at radius 1 is 1.33 bits per heavy atom. The van der Waals surface area contributed by atoms with Crippen molar-refractivity contribution in [1.82, 2.24) is 15.1 Å². The van der Waals surface area contributed by atoms with Gasteiger partial charge in [-0.05, 0) is 52.5 Å². The first kappa shape index (κ1) is 12.2. The normalized spacial score (nSPS) is 28.9. The molecule has 0 aromatic carbocycles. The van der Waals surface area contributed by atoms with Gasteiger partial charge in [-0.3, -0.25) is 10.00 Å². The van der Waals surface area contributed by atoms with Gasteiger partial charge in [0.05, 0.1) is 11.7 Å². The van der Waals surface area contributed by atoms with Gasteiger partial charge in [-0.2, -0.15) is 5.10 Å². The van der Waals surface area contributed by atoms with E-state index in [1.807, 2.05) is 0 Å². The zero-order valence-corrected chi connectivity index (χ0v) is 11.4. The molecule has 4 heteroatoms. The molecule has 3 N–H and O–H groups in total. The van der Waals surface area contributed by atoms with Crippen molar-refractivity contribution >= 4 is 0 Å². The monoisotopic (exact) mass is 248 g/mol. The third-order valence-corrected chi connectivity index (χ3v) is 4.50. The largest absolute Gasteiger partial charge is 0.324 e. The van der Waals surface area contributed by atoms with E-state index in [0.717, 1.165) is 12.8 Å². The van der Waals surface area contributed by atoms with Crippen LogP contribution in [0.15, 0.2) is 0 Å². The minimum absolute atomic E-state index is 0.192. The molecule has 2 aliphatic rings. The smallest absolute Gasteiger partial charge is 0.0844 e. The number of aryl methyl sites for hydroxylation is 1. The van der Waals surface area contributed by atoms with Gasteiger partial charge in [0, 0.05) is 23.3 Å². The van der Waals surface area contributed by atoms with E-state index < -0.39 is 0 Å². The Balaban J connectivity index is 1.95. The first-order valence-electron chi connectivity index (χ1n) is 7.27. The maximum absolute atomic E-state index is 6.30. The number of hydrogen-bond acceptors (Lipinski definition) is 3. The fourth-order valence-corrected chi connectivity index (χ4v) is 3.60. The molecule has 0 radical (unpaired) electrons. The summed E-state index contributed by atoms with van der Waals surface area (Å²) in [5.74, 6) is 0. The summed E-state index contributed by atoms with van der Waals surface area (Å²) in [4.78, 5) is 2.57. The number of nitrogens with two attached hydrogens (primary N) is 1. The van der Waals surface area contributed by atoms with Crippen molar-refractivity contribution in [2.75, 3.05) is 6.54 Å². The molecule has 1 aliphatic carbocycles. The van der Waals surface area contributed by atoms with Gasteiger partial charge in [0.15, 0.2) is 0 Å². The van der Waals surface area contributed by atoms with Crippen LogP contribution in [0, 0.1) is 0 Å². The van der Waals surface area contributed by atoms with Crippen molar-refractivity contribution in [3.63, 3.8) is 0 Å². The topological polar surface area (TPSA) is 57.9 Å². The number of nitrogens with zero attached hydrogens (tertiary/aromatic N) is 2. The third kappa shape index (κ3) is 1.88. The first-order valence-corrected chi connectivity index (χ1v) is 7.27. The van der Waals surface area contributed by atoms with E-state index in [1.54, 1.807) is 0 Å². The molecule has 18 heavy (non-hydrogen) atoms. The summed E-state index contributed by atoms with van der Waals surface area (Å²) in [5, 5.41) is 7.85. The first-order chi connectivity index (χ1) is 8.68. The van der Waals surface area contributed by atoms with Crippen LogP contribution in [0.3, 0.4) is 0 Å². The quantitative estimate of drug-likeness (QED) is 0.844. The summed E-state index contributed by atoms with van der Waals surface area (Å²) in [5.41, 5.74) is 10.2. The van der Waals surface area contributed by atoms with Crippen molar-refractivity contribution in [3.8, 4) is 0 Å². The van der Waals surface area contributed by atoms with E-state index in [9.17, 15) is 0 Å². The maximum atomic E-state index is 6.30. The second-order valence-corrected chi connectivity index (χ2v) is 5.99. The van der Waals surface area contributed by atoms with Crippen LogP contribution in [0.4, 0.5) is 0 Å². The maximum Gasteiger partial charge on any atom is 0.0844 e. The Hall–Kier alpha value is -0.870. The molecule has 1 aliphatic heterocycles. The molecule has 0 bridgehead atoms. The molecule has 4 nitrogen and oxygen atoms in total. The molecule has 2 unspecified atom stereocenters. The number of aromatic nitrogens is 2. The number of likely N-dealkylation sites (tertiary alicyclic amines) is 1. The average molecular weight is 248 g/mol. The van der Waals surface area contributed by atoms with Gasteiger partial charge in [-0.15, -0.1) is 0 Å². The van der Waals surface area contributed by atoms with E-state index in [1.165, 1.54) is 42.8 Å². The van der Waals surface area contributed by atoms with Crippen molar-refractivity contribution in [3.05, 3.63) is 17.0 Å². The van der Waals surface area contributed by atoms with Crippen LogP contribution >= 0.6 is 0 Å². The van der Waals surface area contributed by atoms with Crippen molar-refractivity contribution in [2.24, 2.45) is 5.73 Å². The number of hydrogen-bond donors (Lipinski definition) is 2. The predicted molar refractivity (Wildman–Crippen MR) is 72.3 cm³/mol. The third-order valence-electron chi connectivity index (χ3n) is 4.50. The number of aromatic amines is 1. The molecule has 1 aromatic rings. The van der Waals surface area contributed by atoms with Crippen LogP contribution < -0.4 is 5.73 Å². The second-order valence-electron chi connectivity index (χ2n) is 5.99. The van der Waals surface area contributed by atoms with Gasteiger partial charge < -0.3 is 5.73 Å². The summed E-state index contributed by atoms with van der Waals surface area (Å²) in [6.07, 6.45) is 5.91. The second kappa shape index (κ2) is 4.67. The molecule has 2 heterocycles. The highest BCUT2D eigenvalue weighted by molar-refractivity contribution is 5.33. The zero-order valence-electron chi connectivity index (χ0n) is 11.4. The molecule has 1 saturated heterocycles. The van der Waals surface area contributed by atoms with Gasteiger partial charge in [0.1, 0.15) is 0 Å². The fraction of sp³-hybridized carbons (Fsp3) is 0.786. The molecular formula is C14H24N4. The zero-order chi connectivity index (χ0) is 12.7. The molecule has 0 saturated carbocycles. The van der Waals surface area contributed by atoms with Crippen molar-refractivity contribution in [2.45, 2.75) is 64.1 Å². The number of fused-ring (bicyclic) bond motifs is 1. The molecule has 100 valence electrons. The van der Waals surface area contributed by atoms with E-state index >= 15 is 0 Å². The molecule has 0 amide bonds. The minimum Gasteiger partial charge on any atom is -0.324 e. The van der Waals surface area contributed by atoms with Crippen LogP contribution in [0.2, 0.25) is 0 Å². The lowest BCUT2D eigenvalue weighted by Crippen LogP contribution is -2.31. The fourth-order valence-electron chi connectivity index (χ4n) is 3.60. The van der Waals surface area contributed by atoms with Crippen molar-refractivity contribution in [1.29, 1.82) is 0 Å². The van der Waals surface area contributed by atoms with Crippen molar-refractivity contribution < 1.29 is 0 Å². The minimum atomic E-state index is 0.192. The molecule has 1 aromatic heterocycles. The number of H-pyrrole nitrogens is 1. The summed E-state index contributed by atoms with van der Waals surface area (Å²) < 4.78 is 0. The lowest BCUT2D eigenvalue weighted by Gasteiger charge is -2.29. The van der Waals surface area contributed by atoms with Crippen LogP contribution in [0.1, 0.15) is 68.6 Å². The summed E-state index contributed by atoms with van der Waals surface area (Å²) >= 11 is 0. The predicted octanol–water partition coefficient (Wildman–Crippen LogP) is 2.29. The molecular weight excluding hydrogens is 224 g/mol. The number of nitrogens with one attached hydrogen (secondary N) is 1. The lowest BCUT2D eigenvalue weighted by molar-refractivity contribution is 0.201. The average Bonchev–Trinajstić information content (AvgIpc) is 2.94.